The number of anilines is 1. The maximum atomic E-state index is 5.30. The molecule has 0 aromatic carbocycles. The van der Waals surface area contributed by atoms with Gasteiger partial charge in [-0.05, 0) is 0 Å². The summed E-state index contributed by atoms with van der Waals surface area (Å²) >= 11 is 1.42. The van der Waals surface area contributed by atoms with Crippen molar-refractivity contribution >= 4 is 16.5 Å². The third-order valence-corrected chi connectivity index (χ3v) is 1.37. The summed E-state index contributed by atoms with van der Waals surface area (Å²) in [5.74, 6) is 5.24. The van der Waals surface area contributed by atoms with Crippen molar-refractivity contribution in [2.45, 2.75) is 0 Å². The van der Waals surface area contributed by atoms with Crippen LogP contribution >= 0.6 is 11.3 Å². The molecule has 1 heterocycles. The molecule has 0 aliphatic carbocycles. The Balaban J connectivity index is 3.12. The first-order valence-corrected chi connectivity index (χ1v) is 2.68. The number of nitrogens with zero attached hydrogens (tertiary/aromatic N) is 1. The van der Waals surface area contributed by atoms with Crippen LogP contribution < -0.4 is 16.3 Å². The van der Waals surface area contributed by atoms with Crippen molar-refractivity contribution in [2.75, 3.05) is 11.6 Å². The van der Waals surface area contributed by atoms with Crippen LogP contribution in [0.1, 0.15) is 0 Å². The van der Waals surface area contributed by atoms with Gasteiger partial charge in [-0.1, -0.05) is 11.3 Å². The van der Waals surface area contributed by atoms with Gasteiger partial charge in [0.1, 0.15) is 6.20 Å². The van der Waals surface area contributed by atoms with E-state index in [4.69, 9.17) is 11.6 Å². The zero-order chi connectivity index (χ0) is 5.28. The van der Waals surface area contributed by atoms with Crippen molar-refractivity contribution in [1.82, 2.24) is 0 Å². The normalized spacial score (nSPS) is 9.14. The first-order chi connectivity index (χ1) is 3.30. The van der Waals surface area contributed by atoms with Gasteiger partial charge in [0, 0.05) is 5.38 Å². The first kappa shape index (κ1) is 4.39. The lowest BCUT2D eigenvalue weighted by Gasteiger charge is -1.77. The summed E-state index contributed by atoms with van der Waals surface area (Å²) in [6, 6.07) is 0. The third kappa shape index (κ3) is 0.640. The van der Waals surface area contributed by atoms with Crippen molar-refractivity contribution < 1.29 is 4.68 Å². The molecule has 4 heteroatoms. The van der Waals surface area contributed by atoms with Crippen LogP contribution in [0.2, 0.25) is 0 Å². The van der Waals surface area contributed by atoms with Crippen molar-refractivity contribution in [3.05, 3.63) is 11.6 Å². The van der Waals surface area contributed by atoms with Crippen LogP contribution in [0.4, 0.5) is 5.13 Å². The molecule has 0 fully saturated rings. The minimum atomic E-state index is 0.625. The van der Waals surface area contributed by atoms with E-state index in [1.54, 1.807) is 6.20 Å². The number of hydrogen-bond donors (Lipinski definition) is 2. The highest BCUT2D eigenvalue weighted by Gasteiger charge is 1.96. The van der Waals surface area contributed by atoms with Gasteiger partial charge < -0.3 is 0 Å². The predicted molar refractivity (Wildman–Crippen MR) is 29.1 cm³/mol. The highest BCUT2D eigenvalue weighted by molar-refractivity contribution is 7.12. The SMILES string of the molecule is Nc1scc[n+]1N. The minimum absolute atomic E-state index is 0.625. The van der Waals surface area contributed by atoms with Gasteiger partial charge in [0.15, 0.2) is 0 Å². The van der Waals surface area contributed by atoms with E-state index in [0.29, 0.717) is 5.13 Å². The molecular formula is C3H6N3S+. The van der Waals surface area contributed by atoms with E-state index >= 15 is 0 Å². The quantitative estimate of drug-likeness (QED) is 0.349. The highest BCUT2D eigenvalue weighted by atomic mass is 32.1. The van der Waals surface area contributed by atoms with Gasteiger partial charge in [0.2, 0.25) is 0 Å². The lowest BCUT2D eigenvalue weighted by molar-refractivity contribution is -0.619. The first-order valence-electron chi connectivity index (χ1n) is 1.80. The van der Waals surface area contributed by atoms with Crippen LogP contribution in [-0.2, 0) is 0 Å². The zero-order valence-corrected chi connectivity index (χ0v) is 4.48. The molecule has 38 valence electrons. The van der Waals surface area contributed by atoms with E-state index in [9.17, 15) is 0 Å². The van der Waals surface area contributed by atoms with Crippen LogP contribution in [0.3, 0.4) is 0 Å². The molecule has 0 saturated heterocycles. The number of aromatic nitrogens is 1. The van der Waals surface area contributed by atoms with E-state index in [-0.39, 0.29) is 0 Å². The fourth-order valence-electron chi connectivity index (χ4n) is 0.300. The number of nitrogens with two attached hydrogens (primary N) is 2. The molecule has 7 heavy (non-hydrogen) atoms. The number of thiazole rings is 1. The maximum Gasteiger partial charge on any atom is 0.354 e. The third-order valence-electron chi connectivity index (χ3n) is 0.665. The van der Waals surface area contributed by atoms with Gasteiger partial charge in [-0.2, -0.15) is 0 Å². The molecule has 1 aromatic rings. The second kappa shape index (κ2) is 1.38. The molecular weight excluding hydrogens is 110 g/mol. The molecule has 0 radical (unpaired) electrons. The largest absolute Gasteiger partial charge is 0.354 e. The van der Waals surface area contributed by atoms with Crippen LogP contribution in [0, 0.1) is 0 Å². The highest BCUT2D eigenvalue weighted by Crippen LogP contribution is 1.98. The van der Waals surface area contributed by atoms with Crippen molar-refractivity contribution in [3.63, 3.8) is 0 Å². The summed E-state index contributed by atoms with van der Waals surface area (Å²) in [5.41, 5.74) is 5.30. The molecule has 3 nitrogen and oxygen atoms in total. The van der Waals surface area contributed by atoms with Gasteiger partial charge in [-0.3, -0.25) is 11.6 Å². The monoisotopic (exact) mass is 116 g/mol. The summed E-state index contributed by atoms with van der Waals surface area (Å²) in [7, 11) is 0. The van der Waals surface area contributed by atoms with Crippen LogP contribution in [0.15, 0.2) is 11.6 Å². The standard InChI is InChI=1S/C3H5N3S/c4-3-6(5)1-2-7-3/h1-2,4H,5H2/p+1. The van der Waals surface area contributed by atoms with E-state index < -0.39 is 0 Å². The van der Waals surface area contributed by atoms with Crippen LogP contribution in [0.5, 0.6) is 0 Å². The van der Waals surface area contributed by atoms with Crippen molar-refractivity contribution in [3.8, 4) is 0 Å². The van der Waals surface area contributed by atoms with Crippen molar-refractivity contribution in [1.29, 1.82) is 0 Å². The summed E-state index contributed by atoms with van der Waals surface area (Å²) in [6.07, 6.45) is 1.71. The minimum Gasteiger partial charge on any atom is -0.276 e. The Kier molecular flexibility index (Phi) is 0.867. The molecule has 0 bridgehead atoms. The van der Waals surface area contributed by atoms with Gasteiger partial charge in [-0.15, -0.1) is 4.68 Å². The van der Waals surface area contributed by atoms with Crippen LogP contribution in [0.25, 0.3) is 0 Å². The molecule has 1 aromatic heterocycles. The Morgan fingerprint density at radius 1 is 1.71 bits per heavy atom. The molecule has 1 rings (SSSR count). The molecule has 0 amide bonds. The topological polar surface area (TPSA) is 55.9 Å². The molecule has 0 spiro atoms. The Labute approximate surface area is 45.2 Å². The Hall–Kier alpha value is -0.770. The maximum absolute atomic E-state index is 5.30. The molecule has 0 atom stereocenters. The second-order valence-corrected chi connectivity index (χ2v) is 2.07. The lowest BCUT2D eigenvalue weighted by Crippen LogP contribution is -2.44. The molecule has 4 N–H and O–H groups in total. The average Bonchev–Trinajstić information content (AvgIpc) is 1.91. The van der Waals surface area contributed by atoms with Crippen molar-refractivity contribution in [2.24, 2.45) is 0 Å². The van der Waals surface area contributed by atoms with Gasteiger partial charge in [-0.25, -0.2) is 0 Å². The molecule has 0 aliphatic rings. The van der Waals surface area contributed by atoms with E-state index in [1.165, 1.54) is 16.0 Å². The predicted octanol–water partition coefficient (Wildman–Crippen LogP) is -0.668. The average molecular weight is 116 g/mol. The van der Waals surface area contributed by atoms with Gasteiger partial charge >= 0.3 is 5.13 Å². The number of nitrogen functional groups attached to an aromatic ring is 2. The Morgan fingerprint density at radius 2 is 2.43 bits per heavy atom. The smallest absolute Gasteiger partial charge is 0.276 e. The van der Waals surface area contributed by atoms with Gasteiger partial charge in [0.25, 0.3) is 0 Å². The van der Waals surface area contributed by atoms with Gasteiger partial charge in [0.05, 0.1) is 0 Å². The Morgan fingerprint density at radius 3 is 2.57 bits per heavy atom. The van der Waals surface area contributed by atoms with Crippen LogP contribution in [-0.4, -0.2) is 0 Å². The molecule has 0 saturated carbocycles. The van der Waals surface area contributed by atoms with E-state index in [0.717, 1.165) is 0 Å². The second-order valence-electron chi connectivity index (χ2n) is 1.15. The lowest BCUT2D eigenvalue weighted by atomic mass is 11.0. The number of hydrogen-bond acceptors (Lipinski definition) is 3. The zero-order valence-electron chi connectivity index (χ0n) is 3.66. The summed E-state index contributed by atoms with van der Waals surface area (Å²) in [6.45, 7) is 0. The van der Waals surface area contributed by atoms with E-state index in [2.05, 4.69) is 0 Å². The Bertz CT molecular complexity index is 142. The summed E-state index contributed by atoms with van der Waals surface area (Å²) in [5, 5.41) is 2.45. The summed E-state index contributed by atoms with van der Waals surface area (Å²) < 4.78 is 1.38. The molecule has 0 unspecified atom stereocenters. The van der Waals surface area contributed by atoms with E-state index in [1.807, 2.05) is 5.38 Å². The molecule has 0 aliphatic heterocycles. The fourth-order valence-corrected chi connectivity index (χ4v) is 0.814. The summed E-state index contributed by atoms with van der Waals surface area (Å²) in [4.78, 5) is 0. The fraction of sp³-hybridized carbons (Fsp3) is 0. The number of rotatable bonds is 0.